The molecule has 2 heteroatoms. The maximum atomic E-state index is 4.81. The SMILES string of the molecule is Cc1cc(C)c2c(n1)sc1c(C)c(C)c(CC(C)(C)C)c(C)c12. The molecule has 3 rings (SSSR count). The highest BCUT2D eigenvalue weighted by Crippen LogP contribution is 2.42. The van der Waals surface area contributed by atoms with Crippen molar-refractivity contribution >= 4 is 31.6 Å². The Bertz CT molecular complexity index is 923. The molecule has 0 saturated carbocycles. The number of rotatable bonds is 1. The van der Waals surface area contributed by atoms with Gasteiger partial charge in [-0.05, 0) is 80.3 Å². The lowest BCUT2D eigenvalue weighted by atomic mass is 9.82. The van der Waals surface area contributed by atoms with E-state index in [2.05, 4.69) is 61.5 Å². The zero-order chi connectivity index (χ0) is 17.1. The Balaban J connectivity index is 2.48. The molecule has 0 aliphatic heterocycles. The van der Waals surface area contributed by atoms with Crippen LogP contribution in [0.3, 0.4) is 0 Å². The standard InChI is InChI=1S/C21H27NS/c1-11-9-12(2)22-20-17(11)18-15(5)16(10-21(6,7)8)13(3)14(4)19(18)23-20/h9H,10H2,1-8H3. The third-order valence-electron chi connectivity index (χ3n) is 4.88. The molecule has 122 valence electrons. The molecule has 2 aromatic heterocycles. The highest BCUT2D eigenvalue weighted by atomic mass is 32.1. The number of fused-ring (bicyclic) bond motifs is 3. The Hall–Kier alpha value is -1.41. The number of hydrogen-bond acceptors (Lipinski definition) is 2. The molecule has 3 aromatic rings. The van der Waals surface area contributed by atoms with Crippen LogP contribution in [0, 0.1) is 40.0 Å². The Kier molecular flexibility index (Phi) is 3.79. The van der Waals surface area contributed by atoms with Gasteiger partial charge in [0.25, 0.3) is 0 Å². The third kappa shape index (κ3) is 2.67. The molecule has 0 unspecified atom stereocenters. The number of aromatic nitrogens is 1. The van der Waals surface area contributed by atoms with Crippen LogP contribution in [-0.2, 0) is 6.42 Å². The second-order valence-corrected chi connectivity index (χ2v) is 9.16. The lowest BCUT2D eigenvalue weighted by molar-refractivity contribution is 0.409. The molecule has 0 radical (unpaired) electrons. The van der Waals surface area contributed by atoms with Gasteiger partial charge in [0.1, 0.15) is 4.83 Å². The van der Waals surface area contributed by atoms with E-state index >= 15 is 0 Å². The summed E-state index contributed by atoms with van der Waals surface area (Å²) in [5.41, 5.74) is 8.65. The van der Waals surface area contributed by atoms with Gasteiger partial charge < -0.3 is 0 Å². The first-order chi connectivity index (χ1) is 10.6. The van der Waals surface area contributed by atoms with Crippen LogP contribution in [0.4, 0.5) is 0 Å². The molecule has 0 saturated heterocycles. The van der Waals surface area contributed by atoms with Crippen LogP contribution in [0.2, 0.25) is 0 Å². The van der Waals surface area contributed by atoms with E-state index in [4.69, 9.17) is 4.98 Å². The number of pyridine rings is 1. The maximum Gasteiger partial charge on any atom is 0.125 e. The lowest BCUT2D eigenvalue weighted by Crippen LogP contribution is -2.12. The smallest absolute Gasteiger partial charge is 0.125 e. The molecule has 0 bridgehead atoms. The third-order valence-corrected chi connectivity index (χ3v) is 6.08. The van der Waals surface area contributed by atoms with Crippen LogP contribution in [0.15, 0.2) is 6.07 Å². The Morgan fingerprint density at radius 3 is 2.17 bits per heavy atom. The van der Waals surface area contributed by atoms with Gasteiger partial charge in [0.2, 0.25) is 0 Å². The summed E-state index contributed by atoms with van der Waals surface area (Å²) in [5.74, 6) is 0. The number of aryl methyl sites for hydroxylation is 4. The zero-order valence-electron chi connectivity index (χ0n) is 15.6. The fourth-order valence-electron chi connectivity index (χ4n) is 3.69. The molecule has 0 atom stereocenters. The summed E-state index contributed by atoms with van der Waals surface area (Å²) in [7, 11) is 0. The largest absolute Gasteiger partial charge is 0.242 e. The van der Waals surface area contributed by atoms with Crippen molar-refractivity contribution < 1.29 is 0 Å². The van der Waals surface area contributed by atoms with Gasteiger partial charge in [-0.3, -0.25) is 0 Å². The van der Waals surface area contributed by atoms with Crippen molar-refractivity contribution in [1.29, 1.82) is 0 Å². The predicted molar refractivity (Wildman–Crippen MR) is 104 cm³/mol. The topological polar surface area (TPSA) is 12.9 Å². The van der Waals surface area contributed by atoms with Crippen molar-refractivity contribution in [3.05, 3.63) is 39.6 Å². The molecule has 0 N–H and O–H groups in total. The summed E-state index contributed by atoms with van der Waals surface area (Å²) >= 11 is 1.86. The summed E-state index contributed by atoms with van der Waals surface area (Å²) in [6.07, 6.45) is 1.12. The predicted octanol–water partition coefficient (Wildman–Crippen LogP) is 6.58. The van der Waals surface area contributed by atoms with Crippen LogP contribution in [0.25, 0.3) is 20.3 Å². The number of thiophene rings is 1. The minimum atomic E-state index is 0.297. The van der Waals surface area contributed by atoms with Crippen molar-refractivity contribution in [2.24, 2.45) is 5.41 Å². The molecule has 2 heterocycles. The molecule has 0 amide bonds. The van der Waals surface area contributed by atoms with Gasteiger partial charge in [-0.2, -0.15) is 0 Å². The van der Waals surface area contributed by atoms with Gasteiger partial charge in [0.05, 0.1) is 0 Å². The Labute approximate surface area is 143 Å². The Morgan fingerprint density at radius 1 is 0.913 bits per heavy atom. The van der Waals surface area contributed by atoms with Crippen LogP contribution >= 0.6 is 11.3 Å². The van der Waals surface area contributed by atoms with Crippen molar-refractivity contribution in [2.75, 3.05) is 0 Å². The first kappa shape index (κ1) is 16.4. The molecule has 0 spiro atoms. The summed E-state index contributed by atoms with van der Waals surface area (Å²) < 4.78 is 1.42. The van der Waals surface area contributed by atoms with E-state index in [1.165, 1.54) is 48.1 Å². The molecular weight excluding hydrogens is 298 g/mol. The van der Waals surface area contributed by atoms with Gasteiger partial charge in [-0.25, -0.2) is 4.98 Å². The van der Waals surface area contributed by atoms with Gasteiger partial charge in [-0.15, -0.1) is 11.3 Å². The van der Waals surface area contributed by atoms with Crippen LogP contribution in [0.1, 0.15) is 54.3 Å². The minimum absolute atomic E-state index is 0.297. The van der Waals surface area contributed by atoms with E-state index in [0.717, 1.165) is 12.1 Å². The van der Waals surface area contributed by atoms with E-state index in [9.17, 15) is 0 Å². The average molecular weight is 326 g/mol. The normalized spacial score (nSPS) is 12.5. The van der Waals surface area contributed by atoms with Crippen LogP contribution in [-0.4, -0.2) is 4.98 Å². The maximum absolute atomic E-state index is 4.81. The summed E-state index contributed by atoms with van der Waals surface area (Å²) in [5, 5.41) is 2.81. The van der Waals surface area contributed by atoms with E-state index < -0.39 is 0 Å². The molecule has 0 aliphatic rings. The summed E-state index contributed by atoms with van der Waals surface area (Å²) in [4.78, 5) is 6.00. The molecule has 23 heavy (non-hydrogen) atoms. The fraction of sp³-hybridized carbons (Fsp3) is 0.476. The van der Waals surface area contributed by atoms with Gasteiger partial charge in [-0.1, -0.05) is 20.8 Å². The summed E-state index contributed by atoms with van der Waals surface area (Å²) in [6, 6.07) is 2.21. The van der Waals surface area contributed by atoms with E-state index in [1.54, 1.807) is 0 Å². The van der Waals surface area contributed by atoms with E-state index in [1.807, 2.05) is 11.3 Å². The van der Waals surface area contributed by atoms with Crippen molar-refractivity contribution in [2.45, 2.75) is 61.8 Å². The molecule has 0 aliphatic carbocycles. The van der Waals surface area contributed by atoms with Crippen molar-refractivity contribution in [3.8, 4) is 0 Å². The number of hydrogen-bond donors (Lipinski definition) is 0. The molecular formula is C21H27NS. The monoisotopic (exact) mass is 325 g/mol. The number of benzene rings is 1. The van der Waals surface area contributed by atoms with Crippen molar-refractivity contribution in [1.82, 2.24) is 4.98 Å². The molecule has 0 fully saturated rings. The van der Waals surface area contributed by atoms with E-state index in [0.29, 0.717) is 5.41 Å². The highest BCUT2D eigenvalue weighted by Gasteiger charge is 2.21. The highest BCUT2D eigenvalue weighted by molar-refractivity contribution is 7.25. The van der Waals surface area contributed by atoms with Crippen molar-refractivity contribution in [3.63, 3.8) is 0 Å². The fourth-order valence-corrected chi connectivity index (χ4v) is 5.10. The second-order valence-electron chi connectivity index (χ2n) is 8.16. The average Bonchev–Trinajstić information content (AvgIpc) is 2.79. The van der Waals surface area contributed by atoms with E-state index in [-0.39, 0.29) is 0 Å². The molecule has 1 nitrogen and oxygen atoms in total. The Morgan fingerprint density at radius 2 is 1.57 bits per heavy atom. The molecule has 1 aromatic carbocycles. The van der Waals surface area contributed by atoms with Gasteiger partial charge in [0, 0.05) is 21.2 Å². The van der Waals surface area contributed by atoms with Crippen LogP contribution < -0.4 is 0 Å². The van der Waals surface area contributed by atoms with Gasteiger partial charge >= 0.3 is 0 Å². The lowest BCUT2D eigenvalue weighted by Gasteiger charge is -2.23. The zero-order valence-corrected chi connectivity index (χ0v) is 16.5. The first-order valence-electron chi connectivity index (χ1n) is 8.39. The van der Waals surface area contributed by atoms with Gasteiger partial charge in [0.15, 0.2) is 0 Å². The summed E-state index contributed by atoms with van der Waals surface area (Å²) in [6.45, 7) is 18.2. The minimum Gasteiger partial charge on any atom is -0.242 e. The van der Waals surface area contributed by atoms with Crippen LogP contribution in [0.5, 0.6) is 0 Å². The first-order valence-corrected chi connectivity index (χ1v) is 9.21. The number of nitrogens with zero attached hydrogens (tertiary/aromatic N) is 1. The quantitative estimate of drug-likeness (QED) is 0.492. The second kappa shape index (κ2) is 5.31.